The summed E-state index contributed by atoms with van der Waals surface area (Å²) in [5.74, 6) is 0.0179. The molecule has 0 amide bonds. The van der Waals surface area contributed by atoms with Crippen LogP contribution in [0.1, 0.15) is 5.56 Å². The maximum absolute atomic E-state index is 13.1. The van der Waals surface area contributed by atoms with Gasteiger partial charge in [-0.05, 0) is 34.1 Å². The molecule has 0 radical (unpaired) electrons. The average Bonchev–Trinajstić information content (AvgIpc) is 2.32. The van der Waals surface area contributed by atoms with Gasteiger partial charge in [-0.3, -0.25) is 0 Å². The summed E-state index contributed by atoms with van der Waals surface area (Å²) in [5, 5.41) is 11.6. The van der Waals surface area contributed by atoms with Gasteiger partial charge in [-0.25, -0.2) is 14.4 Å². The first-order valence-electron chi connectivity index (χ1n) is 4.63. The SMILES string of the molecule is N#Cc1cc(Nc2cc(Br)ncn2)ccc1F. The smallest absolute Gasteiger partial charge is 0.141 e. The quantitative estimate of drug-likeness (QED) is 0.865. The van der Waals surface area contributed by atoms with Crippen molar-refractivity contribution in [3.63, 3.8) is 0 Å². The minimum absolute atomic E-state index is 0.0110. The molecule has 0 saturated carbocycles. The van der Waals surface area contributed by atoms with Gasteiger partial charge >= 0.3 is 0 Å². The fourth-order valence-electron chi connectivity index (χ4n) is 1.24. The molecule has 0 fully saturated rings. The van der Waals surface area contributed by atoms with Gasteiger partial charge in [-0.1, -0.05) is 0 Å². The van der Waals surface area contributed by atoms with E-state index >= 15 is 0 Å². The van der Waals surface area contributed by atoms with Crippen molar-refractivity contribution in [2.24, 2.45) is 0 Å². The van der Waals surface area contributed by atoms with Crippen LogP contribution in [0.2, 0.25) is 0 Å². The molecule has 1 aromatic carbocycles. The van der Waals surface area contributed by atoms with E-state index in [9.17, 15) is 4.39 Å². The Hall–Kier alpha value is -2.00. The Bertz CT molecular complexity index is 594. The molecule has 17 heavy (non-hydrogen) atoms. The van der Waals surface area contributed by atoms with E-state index < -0.39 is 5.82 Å². The molecule has 6 heteroatoms. The lowest BCUT2D eigenvalue weighted by molar-refractivity contribution is 0.624. The maximum atomic E-state index is 13.1. The highest BCUT2D eigenvalue weighted by Gasteiger charge is 2.03. The molecule has 0 aliphatic rings. The van der Waals surface area contributed by atoms with Crippen molar-refractivity contribution in [1.29, 1.82) is 5.26 Å². The summed E-state index contributed by atoms with van der Waals surface area (Å²) < 4.78 is 13.7. The second-order valence-corrected chi connectivity index (χ2v) is 3.97. The molecule has 0 aliphatic carbocycles. The number of nitrogens with one attached hydrogen (secondary N) is 1. The number of benzene rings is 1. The third-order valence-electron chi connectivity index (χ3n) is 1.99. The number of rotatable bonds is 2. The van der Waals surface area contributed by atoms with E-state index in [1.165, 1.54) is 24.5 Å². The van der Waals surface area contributed by atoms with E-state index in [-0.39, 0.29) is 5.56 Å². The Labute approximate surface area is 105 Å². The zero-order valence-corrected chi connectivity index (χ0v) is 10.1. The second-order valence-electron chi connectivity index (χ2n) is 3.16. The predicted molar refractivity (Wildman–Crippen MR) is 64.1 cm³/mol. The molecule has 4 nitrogen and oxygen atoms in total. The normalized spacial score (nSPS) is 9.71. The van der Waals surface area contributed by atoms with Crippen molar-refractivity contribution < 1.29 is 4.39 Å². The first-order valence-corrected chi connectivity index (χ1v) is 5.42. The molecule has 2 aromatic rings. The van der Waals surface area contributed by atoms with Crippen LogP contribution in [0.3, 0.4) is 0 Å². The zero-order valence-electron chi connectivity index (χ0n) is 8.48. The molecule has 1 aromatic heterocycles. The fourth-order valence-corrected chi connectivity index (χ4v) is 1.55. The van der Waals surface area contributed by atoms with Crippen LogP contribution in [0.25, 0.3) is 0 Å². The van der Waals surface area contributed by atoms with E-state index in [0.29, 0.717) is 16.1 Å². The van der Waals surface area contributed by atoms with E-state index in [4.69, 9.17) is 5.26 Å². The minimum atomic E-state index is -0.540. The van der Waals surface area contributed by atoms with Crippen molar-refractivity contribution in [3.8, 4) is 6.07 Å². The molecule has 0 saturated heterocycles. The molecule has 2 rings (SSSR count). The summed E-state index contributed by atoms with van der Waals surface area (Å²) in [6.45, 7) is 0. The van der Waals surface area contributed by atoms with Gasteiger partial charge in [0.15, 0.2) is 0 Å². The summed E-state index contributed by atoms with van der Waals surface area (Å²) in [4.78, 5) is 7.87. The van der Waals surface area contributed by atoms with Crippen LogP contribution in [0.15, 0.2) is 35.2 Å². The summed E-state index contributed by atoms with van der Waals surface area (Å²) in [7, 11) is 0. The van der Waals surface area contributed by atoms with E-state index in [1.807, 2.05) is 0 Å². The highest BCUT2D eigenvalue weighted by atomic mass is 79.9. The third-order valence-corrected chi connectivity index (χ3v) is 2.43. The summed E-state index contributed by atoms with van der Waals surface area (Å²) >= 11 is 3.21. The van der Waals surface area contributed by atoms with Crippen LogP contribution in [0, 0.1) is 17.1 Å². The lowest BCUT2D eigenvalue weighted by Crippen LogP contribution is -1.95. The van der Waals surface area contributed by atoms with Crippen LogP contribution in [-0.4, -0.2) is 9.97 Å². The number of nitrogens with zero attached hydrogens (tertiary/aromatic N) is 3. The largest absolute Gasteiger partial charge is 0.340 e. The summed E-state index contributed by atoms with van der Waals surface area (Å²) in [6.07, 6.45) is 1.39. The molecule has 1 N–H and O–H groups in total. The lowest BCUT2D eigenvalue weighted by atomic mass is 10.2. The Kier molecular flexibility index (Phi) is 3.30. The monoisotopic (exact) mass is 292 g/mol. The number of nitriles is 1. The summed E-state index contributed by atoms with van der Waals surface area (Å²) in [6, 6.07) is 7.64. The molecule has 0 spiro atoms. The van der Waals surface area contributed by atoms with E-state index in [1.54, 1.807) is 12.1 Å². The Morgan fingerprint density at radius 2 is 2.12 bits per heavy atom. The molecule has 1 heterocycles. The average molecular weight is 293 g/mol. The molecule has 0 unspecified atom stereocenters. The number of hydrogen-bond acceptors (Lipinski definition) is 4. The summed E-state index contributed by atoms with van der Waals surface area (Å²) in [5.41, 5.74) is 0.580. The van der Waals surface area contributed by atoms with Crippen molar-refractivity contribution in [2.45, 2.75) is 0 Å². The van der Waals surface area contributed by atoms with Gasteiger partial charge in [-0.2, -0.15) is 5.26 Å². The van der Waals surface area contributed by atoms with Crippen LogP contribution < -0.4 is 5.32 Å². The van der Waals surface area contributed by atoms with Gasteiger partial charge in [0, 0.05) is 11.8 Å². The van der Waals surface area contributed by atoms with Crippen molar-refractivity contribution in [2.75, 3.05) is 5.32 Å². The van der Waals surface area contributed by atoms with Gasteiger partial charge in [0.25, 0.3) is 0 Å². The molecule has 84 valence electrons. The highest BCUT2D eigenvalue weighted by molar-refractivity contribution is 9.10. The van der Waals surface area contributed by atoms with Crippen LogP contribution in [0.4, 0.5) is 15.9 Å². The lowest BCUT2D eigenvalue weighted by Gasteiger charge is -2.05. The predicted octanol–water partition coefficient (Wildman–Crippen LogP) is 2.99. The van der Waals surface area contributed by atoms with Crippen LogP contribution in [-0.2, 0) is 0 Å². The zero-order chi connectivity index (χ0) is 12.3. The van der Waals surface area contributed by atoms with Gasteiger partial charge in [0.2, 0.25) is 0 Å². The van der Waals surface area contributed by atoms with Gasteiger partial charge in [-0.15, -0.1) is 0 Å². The first-order chi connectivity index (χ1) is 8.19. The van der Waals surface area contributed by atoms with Crippen molar-refractivity contribution in [1.82, 2.24) is 9.97 Å². The molecular formula is C11H6BrFN4. The Balaban J connectivity index is 2.28. The molecule has 0 atom stereocenters. The second kappa shape index (κ2) is 4.89. The highest BCUT2D eigenvalue weighted by Crippen LogP contribution is 2.19. The van der Waals surface area contributed by atoms with Crippen LogP contribution in [0.5, 0.6) is 0 Å². The third kappa shape index (κ3) is 2.77. The van der Waals surface area contributed by atoms with Gasteiger partial charge in [0.05, 0.1) is 5.56 Å². The first kappa shape index (κ1) is 11.5. The van der Waals surface area contributed by atoms with Crippen LogP contribution >= 0.6 is 15.9 Å². The number of aromatic nitrogens is 2. The number of anilines is 2. The number of halogens is 2. The van der Waals surface area contributed by atoms with Crippen molar-refractivity contribution in [3.05, 3.63) is 46.6 Å². The molecule has 0 bridgehead atoms. The Morgan fingerprint density at radius 1 is 1.29 bits per heavy atom. The molecule has 0 aliphatic heterocycles. The van der Waals surface area contributed by atoms with E-state index in [0.717, 1.165) is 0 Å². The minimum Gasteiger partial charge on any atom is -0.340 e. The maximum Gasteiger partial charge on any atom is 0.141 e. The topological polar surface area (TPSA) is 61.6 Å². The fraction of sp³-hybridized carbons (Fsp3) is 0. The van der Waals surface area contributed by atoms with Gasteiger partial charge < -0.3 is 5.32 Å². The van der Waals surface area contributed by atoms with Gasteiger partial charge in [0.1, 0.15) is 28.6 Å². The molecular weight excluding hydrogens is 287 g/mol. The van der Waals surface area contributed by atoms with Crippen molar-refractivity contribution >= 4 is 27.4 Å². The number of hydrogen-bond donors (Lipinski definition) is 1. The van der Waals surface area contributed by atoms with E-state index in [2.05, 4.69) is 31.2 Å². The standard InChI is InChI=1S/C11H6BrFN4/c12-10-4-11(16-6-15-10)17-8-1-2-9(13)7(3-8)5-14/h1-4,6H,(H,15,16,17). The Morgan fingerprint density at radius 3 is 2.82 bits per heavy atom.